The van der Waals surface area contributed by atoms with Crippen molar-refractivity contribution in [3.05, 3.63) is 0 Å². The molecule has 1 aliphatic rings. The van der Waals surface area contributed by atoms with Crippen LogP contribution in [0.2, 0.25) is 0 Å². The Morgan fingerprint density at radius 2 is 2.45 bits per heavy atom. The molecule has 1 aliphatic heterocycles. The molecule has 1 saturated heterocycles. The Bertz CT molecular complexity index is 158. The summed E-state index contributed by atoms with van der Waals surface area (Å²) in [6.45, 7) is 1.68. The summed E-state index contributed by atoms with van der Waals surface area (Å²) in [5, 5.41) is 5.75. The maximum Gasteiger partial charge on any atom is 0.162 e. The van der Waals surface area contributed by atoms with Crippen molar-refractivity contribution in [1.82, 2.24) is 5.01 Å². The number of nitrogens with two attached hydrogens (primary N) is 1. The molecule has 11 heavy (non-hydrogen) atoms. The van der Waals surface area contributed by atoms with E-state index in [9.17, 15) is 4.79 Å². The van der Waals surface area contributed by atoms with Gasteiger partial charge in [-0.05, 0) is 12.8 Å². The highest BCUT2D eigenvalue weighted by Gasteiger charge is 2.13. The van der Waals surface area contributed by atoms with Gasteiger partial charge in [-0.2, -0.15) is 5.10 Å². The molecule has 0 radical (unpaired) electrons. The third-order valence-corrected chi connectivity index (χ3v) is 1.73. The molecule has 1 heterocycles. The lowest BCUT2D eigenvalue weighted by Gasteiger charge is -2.27. The SMILES string of the molecule is NC1CCCN(/N=C/C=O)C1. The van der Waals surface area contributed by atoms with Crippen LogP contribution in [-0.4, -0.2) is 36.6 Å². The Kier molecular flexibility index (Phi) is 3.04. The van der Waals surface area contributed by atoms with Crippen LogP contribution < -0.4 is 5.73 Å². The van der Waals surface area contributed by atoms with Gasteiger partial charge in [0.25, 0.3) is 0 Å². The predicted octanol–water partition coefficient (Wildman–Crippen LogP) is -0.406. The molecular weight excluding hydrogens is 142 g/mol. The molecule has 1 unspecified atom stereocenters. The smallest absolute Gasteiger partial charge is 0.162 e. The van der Waals surface area contributed by atoms with Gasteiger partial charge >= 0.3 is 0 Å². The first kappa shape index (κ1) is 8.20. The summed E-state index contributed by atoms with van der Waals surface area (Å²) in [7, 11) is 0. The number of hydrazone groups is 1. The fourth-order valence-electron chi connectivity index (χ4n) is 1.22. The van der Waals surface area contributed by atoms with Gasteiger partial charge in [-0.25, -0.2) is 0 Å². The highest BCUT2D eigenvalue weighted by Crippen LogP contribution is 2.07. The van der Waals surface area contributed by atoms with Gasteiger partial charge in [0.05, 0.1) is 12.8 Å². The van der Waals surface area contributed by atoms with E-state index in [2.05, 4.69) is 5.10 Å². The summed E-state index contributed by atoms with van der Waals surface area (Å²) in [5.74, 6) is 0. The standard InChI is InChI=1S/C7H13N3O/c8-7-2-1-4-10(6-7)9-3-5-11/h3,5,7H,1-2,4,6,8H2/b9-3+. The van der Waals surface area contributed by atoms with Crippen LogP contribution in [0, 0.1) is 0 Å². The summed E-state index contributed by atoms with van der Waals surface area (Å²) >= 11 is 0. The maximum atomic E-state index is 9.92. The minimum atomic E-state index is 0.215. The van der Waals surface area contributed by atoms with Crippen molar-refractivity contribution < 1.29 is 4.79 Å². The minimum absolute atomic E-state index is 0.215. The number of carbonyl (C=O) groups excluding carboxylic acids is 1. The first-order chi connectivity index (χ1) is 5.33. The van der Waals surface area contributed by atoms with Crippen LogP contribution in [0.4, 0.5) is 0 Å². The van der Waals surface area contributed by atoms with Gasteiger partial charge in [-0.3, -0.25) is 9.80 Å². The molecule has 0 aromatic carbocycles. The van der Waals surface area contributed by atoms with Crippen LogP contribution >= 0.6 is 0 Å². The minimum Gasteiger partial charge on any atom is -0.326 e. The summed E-state index contributed by atoms with van der Waals surface area (Å²) < 4.78 is 0. The average Bonchev–Trinajstić information content (AvgIpc) is 2.01. The molecule has 0 bridgehead atoms. The number of rotatable bonds is 2. The molecule has 0 aromatic rings. The second-order valence-corrected chi connectivity index (χ2v) is 2.72. The van der Waals surface area contributed by atoms with Crippen LogP contribution in [0.1, 0.15) is 12.8 Å². The summed E-state index contributed by atoms with van der Waals surface area (Å²) in [6.07, 6.45) is 4.07. The van der Waals surface area contributed by atoms with E-state index < -0.39 is 0 Å². The van der Waals surface area contributed by atoms with E-state index >= 15 is 0 Å². The van der Waals surface area contributed by atoms with Gasteiger partial charge in [0.1, 0.15) is 0 Å². The highest BCUT2D eigenvalue weighted by molar-refractivity contribution is 6.12. The third-order valence-electron chi connectivity index (χ3n) is 1.73. The van der Waals surface area contributed by atoms with Crippen LogP contribution in [-0.2, 0) is 4.79 Å². The van der Waals surface area contributed by atoms with Crippen molar-refractivity contribution in [2.75, 3.05) is 13.1 Å². The van der Waals surface area contributed by atoms with Crippen LogP contribution in [0.25, 0.3) is 0 Å². The lowest BCUT2D eigenvalue weighted by Crippen LogP contribution is -2.40. The summed E-state index contributed by atoms with van der Waals surface area (Å²) in [4.78, 5) is 9.92. The van der Waals surface area contributed by atoms with Crippen molar-refractivity contribution in [1.29, 1.82) is 0 Å². The van der Waals surface area contributed by atoms with E-state index in [1.807, 2.05) is 5.01 Å². The quantitative estimate of drug-likeness (QED) is 0.436. The van der Waals surface area contributed by atoms with Gasteiger partial charge in [0.2, 0.25) is 0 Å². The van der Waals surface area contributed by atoms with Crippen molar-refractivity contribution in [2.24, 2.45) is 10.8 Å². The third kappa shape index (κ3) is 2.67. The molecular formula is C7H13N3O. The zero-order chi connectivity index (χ0) is 8.10. The molecule has 62 valence electrons. The number of hydrogen-bond acceptors (Lipinski definition) is 4. The lowest BCUT2D eigenvalue weighted by atomic mass is 10.1. The first-order valence-corrected chi connectivity index (χ1v) is 3.81. The molecule has 4 nitrogen and oxygen atoms in total. The fraction of sp³-hybridized carbons (Fsp3) is 0.714. The number of aldehydes is 1. The molecule has 0 saturated carbocycles. The largest absolute Gasteiger partial charge is 0.326 e. The molecule has 1 atom stereocenters. The monoisotopic (exact) mass is 155 g/mol. The van der Waals surface area contributed by atoms with Crippen molar-refractivity contribution >= 4 is 12.5 Å². The molecule has 4 heteroatoms. The highest BCUT2D eigenvalue weighted by atomic mass is 16.1. The number of carbonyl (C=O) groups is 1. The van der Waals surface area contributed by atoms with E-state index in [4.69, 9.17) is 5.73 Å². The predicted molar refractivity (Wildman–Crippen MR) is 43.3 cm³/mol. The number of piperidine rings is 1. The normalized spacial score (nSPS) is 25.9. The first-order valence-electron chi connectivity index (χ1n) is 3.81. The second kappa shape index (κ2) is 4.08. The van der Waals surface area contributed by atoms with Crippen molar-refractivity contribution in [3.8, 4) is 0 Å². The Morgan fingerprint density at radius 3 is 3.09 bits per heavy atom. The molecule has 0 aromatic heterocycles. The molecule has 0 aliphatic carbocycles. The van der Waals surface area contributed by atoms with Crippen LogP contribution in [0.5, 0.6) is 0 Å². The van der Waals surface area contributed by atoms with Crippen molar-refractivity contribution in [2.45, 2.75) is 18.9 Å². The zero-order valence-electron chi connectivity index (χ0n) is 6.44. The fourth-order valence-corrected chi connectivity index (χ4v) is 1.22. The number of hydrogen-bond donors (Lipinski definition) is 1. The van der Waals surface area contributed by atoms with E-state index in [-0.39, 0.29) is 6.04 Å². The van der Waals surface area contributed by atoms with Gasteiger partial charge in [0.15, 0.2) is 6.29 Å². The van der Waals surface area contributed by atoms with E-state index in [1.165, 1.54) is 6.21 Å². The lowest BCUT2D eigenvalue weighted by molar-refractivity contribution is -0.102. The molecule has 2 N–H and O–H groups in total. The van der Waals surface area contributed by atoms with E-state index in [1.54, 1.807) is 0 Å². The Balaban J connectivity index is 2.33. The number of nitrogens with zero attached hydrogens (tertiary/aromatic N) is 2. The second-order valence-electron chi connectivity index (χ2n) is 2.72. The molecule has 0 spiro atoms. The van der Waals surface area contributed by atoms with E-state index in [0.717, 1.165) is 25.9 Å². The topological polar surface area (TPSA) is 58.7 Å². The van der Waals surface area contributed by atoms with Crippen LogP contribution in [0.3, 0.4) is 0 Å². The molecule has 1 fully saturated rings. The summed E-state index contributed by atoms with van der Waals surface area (Å²) in [5.41, 5.74) is 5.69. The maximum absolute atomic E-state index is 9.92. The van der Waals surface area contributed by atoms with Crippen LogP contribution in [0.15, 0.2) is 5.10 Å². The zero-order valence-corrected chi connectivity index (χ0v) is 6.44. The Labute approximate surface area is 66.0 Å². The van der Waals surface area contributed by atoms with Gasteiger partial charge in [-0.1, -0.05) is 0 Å². The van der Waals surface area contributed by atoms with E-state index in [0.29, 0.717) is 6.29 Å². The van der Waals surface area contributed by atoms with Gasteiger partial charge in [0, 0.05) is 12.6 Å². The molecule has 0 amide bonds. The average molecular weight is 155 g/mol. The van der Waals surface area contributed by atoms with Gasteiger partial charge in [-0.15, -0.1) is 0 Å². The molecule has 1 rings (SSSR count). The van der Waals surface area contributed by atoms with Gasteiger partial charge < -0.3 is 5.73 Å². The summed E-state index contributed by atoms with van der Waals surface area (Å²) in [6, 6.07) is 0.215. The van der Waals surface area contributed by atoms with Crippen molar-refractivity contribution in [3.63, 3.8) is 0 Å². The Hall–Kier alpha value is -0.900. The Morgan fingerprint density at radius 1 is 1.64 bits per heavy atom.